The molecule has 0 spiro atoms. The van der Waals surface area contributed by atoms with Gasteiger partial charge in [0.05, 0.1) is 51.7 Å². The van der Waals surface area contributed by atoms with Crippen LogP contribution in [0.5, 0.6) is 0 Å². The Kier molecular flexibility index (Phi) is 29.3. The lowest BCUT2D eigenvalue weighted by atomic mass is 9.92. The van der Waals surface area contributed by atoms with Crippen molar-refractivity contribution in [2.45, 2.75) is 57.8 Å². The maximum Gasteiger partial charge on any atom is 0.253 e. The molecular formula is C49H68N10O17. The van der Waals surface area contributed by atoms with Crippen LogP contribution in [0.25, 0.3) is 0 Å². The van der Waals surface area contributed by atoms with Gasteiger partial charge in [-0.1, -0.05) is 0 Å². The highest BCUT2D eigenvalue weighted by molar-refractivity contribution is 6.14. The molecule has 0 aromatic heterocycles. The molecule has 76 heavy (non-hydrogen) atoms. The summed E-state index contributed by atoms with van der Waals surface area (Å²) in [4.78, 5) is 160. The minimum atomic E-state index is -1.08. The van der Waals surface area contributed by atoms with Crippen molar-refractivity contribution in [3.63, 3.8) is 0 Å². The van der Waals surface area contributed by atoms with E-state index in [4.69, 9.17) is 25.4 Å². The van der Waals surface area contributed by atoms with Crippen LogP contribution in [0.3, 0.4) is 0 Å². The molecule has 7 N–H and O–H groups in total. The van der Waals surface area contributed by atoms with E-state index in [1.54, 1.807) is 0 Å². The van der Waals surface area contributed by atoms with Crippen LogP contribution in [0.2, 0.25) is 0 Å². The smallest absolute Gasteiger partial charge is 0.253 e. The third-order valence-electron chi connectivity index (χ3n) is 11.0. The Labute approximate surface area is 439 Å². The zero-order chi connectivity index (χ0) is 55.6. The van der Waals surface area contributed by atoms with Crippen LogP contribution in [-0.4, -0.2) is 210 Å². The summed E-state index contributed by atoms with van der Waals surface area (Å²) in [5, 5.41) is 18.6. The lowest BCUT2D eigenvalue weighted by molar-refractivity contribution is -0.139. The van der Waals surface area contributed by atoms with Gasteiger partial charge in [0.1, 0.15) is 0 Å². The predicted molar refractivity (Wildman–Crippen MR) is 265 cm³/mol. The van der Waals surface area contributed by atoms with Crippen molar-refractivity contribution in [2.75, 3.05) is 118 Å². The van der Waals surface area contributed by atoms with Crippen LogP contribution < -0.4 is 37.2 Å². The summed E-state index contributed by atoms with van der Waals surface area (Å²) in [5.74, 6) is -3.28. The van der Waals surface area contributed by atoms with E-state index in [-0.39, 0.29) is 169 Å². The predicted octanol–water partition coefficient (Wildman–Crippen LogP) is -4.23. The Bertz CT molecular complexity index is 1960. The second-order valence-electron chi connectivity index (χ2n) is 17.2. The Hall–Kier alpha value is -7.67. The highest BCUT2D eigenvalue weighted by Crippen LogP contribution is 2.22. The number of rotatable bonds is 41. The number of amides is 13. The van der Waals surface area contributed by atoms with Crippen molar-refractivity contribution in [3.8, 4) is 12.3 Å². The van der Waals surface area contributed by atoms with E-state index in [1.807, 2.05) is 0 Å². The van der Waals surface area contributed by atoms with Crippen molar-refractivity contribution in [1.29, 1.82) is 0 Å². The quantitative estimate of drug-likeness (QED) is 0.0173. The van der Waals surface area contributed by atoms with E-state index >= 15 is 0 Å². The van der Waals surface area contributed by atoms with Crippen LogP contribution in [0.1, 0.15) is 57.8 Å². The number of carbonyl (C=O) groups is 13. The molecule has 13 amide bonds. The number of imide groups is 3. The molecule has 3 aliphatic rings. The van der Waals surface area contributed by atoms with Gasteiger partial charge in [-0.05, 0) is 6.42 Å². The summed E-state index contributed by atoms with van der Waals surface area (Å²) in [6.07, 6.45) is 12.2. The molecule has 3 rings (SSSR count). The molecule has 0 aromatic rings. The molecule has 0 aromatic carbocycles. The first-order chi connectivity index (χ1) is 36.5. The Morgan fingerprint density at radius 3 is 0.921 bits per heavy atom. The second-order valence-corrected chi connectivity index (χ2v) is 17.2. The van der Waals surface area contributed by atoms with Crippen molar-refractivity contribution >= 4 is 76.8 Å². The number of hydrogen-bond donors (Lipinski definition) is 7. The van der Waals surface area contributed by atoms with Crippen molar-refractivity contribution in [1.82, 2.24) is 51.9 Å². The normalized spacial score (nSPS) is 13.9. The van der Waals surface area contributed by atoms with Crippen molar-refractivity contribution < 1.29 is 81.3 Å². The fourth-order valence-electron chi connectivity index (χ4n) is 6.91. The molecular weight excluding hydrogens is 1000 g/mol. The van der Waals surface area contributed by atoms with Gasteiger partial charge in [-0.25, -0.2) is 0 Å². The second kappa shape index (κ2) is 35.5. The molecule has 27 heteroatoms. The van der Waals surface area contributed by atoms with Gasteiger partial charge in [0.2, 0.25) is 41.4 Å². The molecule has 0 atom stereocenters. The average molecular weight is 1070 g/mol. The molecule has 0 saturated carbocycles. The number of nitrogens with one attached hydrogen (secondary N) is 7. The number of carbonyl (C=O) groups excluding carboxylic acids is 13. The molecule has 3 heterocycles. The van der Waals surface area contributed by atoms with Gasteiger partial charge >= 0.3 is 0 Å². The summed E-state index contributed by atoms with van der Waals surface area (Å²) in [6, 6.07) is 0. The molecule has 0 unspecified atom stereocenters. The molecule has 3 aliphatic heterocycles. The SMILES string of the molecule is C#CCCC(=O)NCCCOCC(COCCC(=O)NCCNC(=O)CCN1C(=O)C=CC1=O)(COCCC(=O)NCCNC(=O)CCN1C(=O)C=CC1=O)COCCC(=O)NCCNC(=O)CCN1C(=O)C=CC1=O. The molecule has 0 fully saturated rings. The largest absolute Gasteiger partial charge is 0.381 e. The van der Waals surface area contributed by atoms with E-state index in [9.17, 15) is 62.3 Å². The van der Waals surface area contributed by atoms with Crippen molar-refractivity contribution in [2.24, 2.45) is 5.41 Å². The molecule has 0 saturated heterocycles. The fraction of sp³-hybridized carbons (Fsp3) is 0.571. The van der Waals surface area contributed by atoms with Crippen LogP contribution >= 0.6 is 0 Å². The van der Waals surface area contributed by atoms with Gasteiger partial charge in [0.15, 0.2) is 0 Å². The molecule has 0 radical (unpaired) electrons. The Morgan fingerprint density at radius 2 is 0.632 bits per heavy atom. The van der Waals surface area contributed by atoms with E-state index in [0.717, 1.165) is 51.2 Å². The lowest BCUT2D eigenvalue weighted by Gasteiger charge is -2.33. The highest BCUT2D eigenvalue weighted by Gasteiger charge is 2.33. The van der Waals surface area contributed by atoms with Crippen LogP contribution in [0.15, 0.2) is 36.5 Å². The van der Waals surface area contributed by atoms with Gasteiger partial charge < -0.3 is 56.2 Å². The van der Waals surface area contributed by atoms with E-state index in [1.165, 1.54) is 0 Å². The standard InChI is InChI=1S/C49H68N10O17/c1-2-3-5-36(60)50-18-4-28-73-32-49(33-74-29-15-40(64)54-22-19-51-37(61)12-25-57-43(67)6-7-44(57)68,34-75-30-16-41(65)55-23-20-52-38(62)13-26-58-45(69)8-9-46(58)70)35-76-31-17-42(66)56-24-21-53-39(63)14-27-59-47(71)10-11-48(59)72/h1,6-11H,3-5,12-35H2,(H,50,60)(H,51,61)(H,52,62)(H,53,63)(H,54,64)(H,55,65)(H,56,66). The molecule has 27 nitrogen and oxygen atoms in total. The van der Waals surface area contributed by atoms with Crippen LogP contribution in [0, 0.1) is 17.8 Å². The summed E-state index contributed by atoms with van der Waals surface area (Å²) < 4.78 is 24.0. The zero-order valence-corrected chi connectivity index (χ0v) is 42.4. The minimum Gasteiger partial charge on any atom is -0.381 e. The molecule has 0 aliphatic carbocycles. The fourth-order valence-corrected chi connectivity index (χ4v) is 6.91. The van der Waals surface area contributed by atoms with Gasteiger partial charge in [0, 0.05) is 160 Å². The number of terminal acetylenes is 1. The first-order valence-corrected chi connectivity index (χ1v) is 24.7. The van der Waals surface area contributed by atoms with Gasteiger partial charge in [0.25, 0.3) is 35.4 Å². The summed E-state index contributed by atoms with van der Waals surface area (Å²) >= 11 is 0. The van der Waals surface area contributed by atoms with E-state index in [0.29, 0.717) is 13.0 Å². The van der Waals surface area contributed by atoms with Crippen LogP contribution in [0.4, 0.5) is 0 Å². The summed E-state index contributed by atoms with van der Waals surface area (Å²) in [6.45, 7) is 0.130. The van der Waals surface area contributed by atoms with Crippen LogP contribution in [-0.2, 0) is 81.3 Å². The Balaban J connectivity index is 1.52. The third-order valence-corrected chi connectivity index (χ3v) is 11.0. The van der Waals surface area contributed by atoms with Gasteiger partial charge in [-0.15, -0.1) is 12.3 Å². The first-order valence-electron chi connectivity index (χ1n) is 24.7. The maximum absolute atomic E-state index is 12.7. The summed E-state index contributed by atoms with van der Waals surface area (Å²) in [7, 11) is 0. The maximum atomic E-state index is 12.7. The summed E-state index contributed by atoms with van der Waals surface area (Å²) in [5.41, 5.74) is -1.08. The highest BCUT2D eigenvalue weighted by atomic mass is 16.5. The monoisotopic (exact) mass is 1070 g/mol. The number of ether oxygens (including phenoxy) is 4. The third kappa shape index (κ3) is 25.5. The number of nitrogens with zero attached hydrogens (tertiary/aromatic N) is 3. The average Bonchev–Trinajstić information content (AvgIpc) is 4.02. The number of hydrogen-bond acceptors (Lipinski definition) is 17. The molecule has 0 bridgehead atoms. The van der Waals surface area contributed by atoms with E-state index < -0.39 is 76.3 Å². The van der Waals surface area contributed by atoms with Crippen molar-refractivity contribution in [3.05, 3.63) is 36.5 Å². The molecule has 416 valence electrons. The van der Waals surface area contributed by atoms with Gasteiger partial charge in [-0.2, -0.15) is 0 Å². The minimum absolute atomic E-state index is 0.0362. The topological polar surface area (TPSA) is 353 Å². The van der Waals surface area contributed by atoms with Gasteiger partial charge in [-0.3, -0.25) is 77.0 Å². The zero-order valence-electron chi connectivity index (χ0n) is 42.4. The first kappa shape index (κ1) is 62.6. The lowest BCUT2D eigenvalue weighted by Crippen LogP contribution is -2.43. The van der Waals surface area contributed by atoms with E-state index in [2.05, 4.69) is 43.1 Å². The Morgan fingerprint density at radius 1 is 0.382 bits per heavy atom.